The van der Waals surface area contributed by atoms with Crippen LogP contribution < -0.4 is 14.8 Å². The number of rotatable bonds is 5. The van der Waals surface area contributed by atoms with Crippen molar-refractivity contribution in [1.82, 2.24) is 14.4 Å². The minimum atomic E-state index is -3.64. The molecule has 1 aromatic heterocycles. The first-order chi connectivity index (χ1) is 16.4. The molecular weight excluding hydrogens is 460 g/mol. The lowest BCUT2D eigenvalue weighted by molar-refractivity contribution is 0.0981. The van der Waals surface area contributed by atoms with Crippen molar-refractivity contribution in [2.75, 3.05) is 31.6 Å². The van der Waals surface area contributed by atoms with Gasteiger partial charge >= 0.3 is 11.8 Å². The zero-order valence-corrected chi connectivity index (χ0v) is 19.4. The van der Waals surface area contributed by atoms with E-state index < -0.39 is 15.9 Å². The molecule has 3 heterocycles. The quantitative estimate of drug-likeness (QED) is 0.585. The van der Waals surface area contributed by atoms with Gasteiger partial charge in [0.1, 0.15) is 13.2 Å². The number of hydrogen-bond acceptors (Lipinski definition) is 8. The van der Waals surface area contributed by atoms with Crippen molar-refractivity contribution in [1.29, 1.82) is 0 Å². The van der Waals surface area contributed by atoms with Crippen molar-refractivity contribution < 1.29 is 27.2 Å². The molecule has 2 aromatic carbocycles. The lowest BCUT2D eigenvalue weighted by atomic mass is 10.1. The predicted octanol–water partition coefficient (Wildman–Crippen LogP) is 3.24. The number of nitrogens with one attached hydrogen (secondary N) is 1. The third-order valence-electron chi connectivity index (χ3n) is 5.80. The van der Waals surface area contributed by atoms with Gasteiger partial charge in [0.15, 0.2) is 11.5 Å². The van der Waals surface area contributed by atoms with Gasteiger partial charge in [0.2, 0.25) is 15.8 Å². The number of carbonyl (C=O) groups excluding carboxylic acids is 1. The zero-order chi connectivity index (χ0) is 23.7. The van der Waals surface area contributed by atoms with Crippen LogP contribution in [0, 0.1) is 6.92 Å². The number of amides is 1. The summed E-state index contributed by atoms with van der Waals surface area (Å²) in [4.78, 5) is 17.0. The van der Waals surface area contributed by atoms with Crippen LogP contribution in [0.3, 0.4) is 0 Å². The summed E-state index contributed by atoms with van der Waals surface area (Å²) < 4.78 is 44.0. The molecular formula is C23H24N4O6S. The largest absolute Gasteiger partial charge is 0.486 e. The van der Waals surface area contributed by atoms with Crippen molar-refractivity contribution in [2.45, 2.75) is 31.1 Å². The summed E-state index contributed by atoms with van der Waals surface area (Å²) in [5.74, 6) is 0.438. The number of aromatic nitrogens is 2. The minimum Gasteiger partial charge on any atom is -0.486 e. The molecule has 11 heteroatoms. The first-order valence-electron chi connectivity index (χ1n) is 11.1. The average molecular weight is 485 g/mol. The Labute approximate surface area is 196 Å². The molecule has 2 aliphatic heterocycles. The topological polar surface area (TPSA) is 124 Å². The molecule has 1 fully saturated rings. The van der Waals surface area contributed by atoms with Crippen molar-refractivity contribution in [3.63, 3.8) is 0 Å². The van der Waals surface area contributed by atoms with Gasteiger partial charge in [0, 0.05) is 30.4 Å². The third-order valence-corrected chi connectivity index (χ3v) is 7.84. The number of carbonyl (C=O) groups is 1. The zero-order valence-electron chi connectivity index (χ0n) is 18.6. The van der Waals surface area contributed by atoms with Gasteiger partial charge in [-0.25, -0.2) is 8.42 Å². The molecule has 178 valence electrons. The van der Waals surface area contributed by atoms with E-state index in [1.54, 1.807) is 37.3 Å². The van der Waals surface area contributed by atoms with Crippen molar-refractivity contribution >= 4 is 21.6 Å². The SMILES string of the molecule is Cc1ccc(-c2noc(C(=O)Nc3ccc4c(c3)OCCO4)n2)cc1S(=O)(=O)N1CCCCC1. The second-order valence-corrected chi connectivity index (χ2v) is 10.1. The number of nitrogens with zero attached hydrogens (tertiary/aromatic N) is 3. The first kappa shape index (κ1) is 22.4. The van der Waals surface area contributed by atoms with E-state index in [1.165, 1.54) is 10.4 Å². The summed E-state index contributed by atoms with van der Waals surface area (Å²) in [6.07, 6.45) is 2.74. The Bertz CT molecular complexity index is 1330. The molecule has 0 aliphatic carbocycles. The Morgan fingerprint density at radius 1 is 1.00 bits per heavy atom. The summed E-state index contributed by atoms with van der Waals surface area (Å²) in [5, 5.41) is 6.57. The second-order valence-electron chi connectivity index (χ2n) is 8.18. The Hall–Kier alpha value is -3.44. The highest BCUT2D eigenvalue weighted by atomic mass is 32.2. The number of ether oxygens (including phenoxy) is 2. The number of aryl methyl sites for hydroxylation is 1. The van der Waals surface area contributed by atoms with Crippen LogP contribution in [-0.2, 0) is 10.0 Å². The summed E-state index contributed by atoms with van der Waals surface area (Å²) in [5.41, 5.74) is 1.57. The van der Waals surface area contributed by atoms with E-state index in [2.05, 4.69) is 15.5 Å². The summed E-state index contributed by atoms with van der Waals surface area (Å²) >= 11 is 0. The molecule has 0 spiro atoms. The average Bonchev–Trinajstić information content (AvgIpc) is 3.35. The molecule has 0 bridgehead atoms. The van der Waals surface area contributed by atoms with Gasteiger partial charge in [-0.1, -0.05) is 23.7 Å². The standard InChI is InChI=1S/C23H24N4O6S/c1-15-5-6-16(13-20(15)34(29,30)27-9-3-2-4-10-27)21-25-23(33-26-21)22(28)24-17-7-8-18-19(14-17)32-12-11-31-18/h5-8,13-14H,2-4,9-12H2,1H3,(H,24,28). The number of benzene rings is 2. The lowest BCUT2D eigenvalue weighted by Crippen LogP contribution is -2.35. The molecule has 1 amide bonds. The molecule has 3 aromatic rings. The van der Waals surface area contributed by atoms with Crippen LogP contribution in [0.5, 0.6) is 11.5 Å². The van der Waals surface area contributed by atoms with Crippen molar-refractivity contribution in [3.05, 3.63) is 47.9 Å². The monoisotopic (exact) mass is 484 g/mol. The summed E-state index contributed by atoms with van der Waals surface area (Å²) in [7, 11) is -3.64. The van der Waals surface area contributed by atoms with E-state index >= 15 is 0 Å². The Morgan fingerprint density at radius 3 is 2.56 bits per heavy atom. The van der Waals surface area contributed by atoms with Gasteiger partial charge in [-0.3, -0.25) is 4.79 Å². The van der Waals surface area contributed by atoms with E-state index in [-0.39, 0.29) is 16.6 Å². The number of anilines is 1. The van der Waals surface area contributed by atoms with Crippen LogP contribution in [0.1, 0.15) is 35.5 Å². The van der Waals surface area contributed by atoms with Crippen LogP contribution in [0.4, 0.5) is 5.69 Å². The Kier molecular flexibility index (Phi) is 5.96. The van der Waals surface area contributed by atoms with Crippen LogP contribution >= 0.6 is 0 Å². The van der Waals surface area contributed by atoms with Gasteiger partial charge in [0.05, 0.1) is 4.90 Å². The van der Waals surface area contributed by atoms with E-state index in [0.29, 0.717) is 54.6 Å². The molecule has 1 saturated heterocycles. The first-order valence-corrected chi connectivity index (χ1v) is 12.5. The highest BCUT2D eigenvalue weighted by molar-refractivity contribution is 7.89. The normalized spacial score (nSPS) is 16.3. The maximum atomic E-state index is 13.2. The van der Waals surface area contributed by atoms with Crippen molar-refractivity contribution in [3.8, 4) is 22.9 Å². The minimum absolute atomic E-state index is 0.127. The van der Waals surface area contributed by atoms with E-state index in [0.717, 1.165) is 19.3 Å². The summed E-state index contributed by atoms with van der Waals surface area (Å²) in [6, 6.07) is 9.99. The Morgan fingerprint density at radius 2 is 1.76 bits per heavy atom. The highest BCUT2D eigenvalue weighted by Crippen LogP contribution is 2.33. The van der Waals surface area contributed by atoms with Crippen LogP contribution in [0.2, 0.25) is 0 Å². The maximum absolute atomic E-state index is 13.2. The van der Waals surface area contributed by atoms with Gasteiger partial charge in [0.25, 0.3) is 0 Å². The smallest absolute Gasteiger partial charge is 0.316 e. The molecule has 10 nitrogen and oxygen atoms in total. The van der Waals surface area contributed by atoms with Crippen LogP contribution in [0.25, 0.3) is 11.4 Å². The molecule has 34 heavy (non-hydrogen) atoms. The number of sulfonamides is 1. The van der Waals surface area contributed by atoms with Gasteiger partial charge in [-0.2, -0.15) is 9.29 Å². The fourth-order valence-electron chi connectivity index (χ4n) is 4.00. The molecule has 2 aliphatic rings. The number of fused-ring (bicyclic) bond motifs is 1. The van der Waals surface area contributed by atoms with Gasteiger partial charge < -0.3 is 19.3 Å². The second kappa shape index (κ2) is 9.07. The molecule has 0 unspecified atom stereocenters. The van der Waals surface area contributed by atoms with E-state index in [1.807, 2.05) is 0 Å². The van der Waals surface area contributed by atoms with Gasteiger partial charge in [-0.15, -0.1) is 0 Å². The summed E-state index contributed by atoms with van der Waals surface area (Å²) in [6.45, 7) is 3.69. The van der Waals surface area contributed by atoms with E-state index in [4.69, 9.17) is 14.0 Å². The molecule has 0 atom stereocenters. The van der Waals surface area contributed by atoms with Crippen LogP contribution in [0.15, 0.2) is 45.8 Å². The van der Waals surface area contributed by atoms with Crippen LogP contribution in [-0.4, -0.2) is 55.1 Å². The Balaban J connectivity index is 1.36. The number of hydrogen-bond donors (Lipinski definition) is 1. The molecule has 0 saturated carbocycles. The predicted molar refractivity (Wildman–Crippen MR) is 122 cm³/mol. The molecule has 0 radical (unpaired) electrons. The highest BCUT2D eigenvalue weighted by Gasteiger charge is 2.28. The fraction of sp³-hybridized carbons (Fsp3) is 0.348. The lowest BCUT2D eigenvalue weighted by Gasteiger charge is -2.26. The van der Waals surface area contributed by atoms with E-state index in [9.17, 15) is 13.2 Å². The molecule has 5 rings (SSSR count). The third kappa shape index (κ3) is 4.36. The molecule has 1 N–H and O–H groups in total. The van der Waals surface area contributed by atoms with Gasteiger partial charge in [-0.05, 0) is 43.5 Å². The maximum Gasteiger partial charge on any atom is 0.316 e. The fourth-order valence-corrected chi connectivity index (χ4v) is 5.77. The number of piperidine rings is 1. The van der Waals surface area contributed by atoms with Crippen molar-refractivity contribution in [2.24, 2.45) is 0 Å².